The molecule has 0 fully saturated rings. The van der Waals surface area contributed by atoms with Crippen LogP contribution in [0.25, 0.3) is 0 Å². The molecule has 2 rings (SSSR count). The second-order valence-corrected chi connectivity index (χ2v) is 4.68. The maximum absolute atomic E-state index is 13.4. The van der Waals surface area contributed by atoms with Crippen LogP contribution in [0.3, 0.4) is 0 Å². The number of hydrogen-bond donors (Lipinski definition) is 1. The highest BCUT2D eigenvalue weighted by molar-refractivity contribution is 5.90. The number of anilines is 1. The van der Waals surface area contributed by atoms with Gasteiger partial charge in [-0.3, -0.25) is 4.79 Å². The van der Waals surface area contributed by atoms with Gasteiger partial charge in [0, 0.05) is 6.07 Å². The summed E-state index contributed by atoms with van der Waals surface area (Å²) < 4.78 is 37.1. The van der Waals surface area contributed by atoms with Gasteiger partial charge in [-0.25, -0.2) is 8.78 Å². The number of rotatable bonds is 7. The summed E-state index contributed by atoms with van der Waals surface area (Å²) in [6.07, 6.45) is 0.0170. The molecule has 0 bridgehead atoms. The lowest BCUT2D eigenvalue weighted by Crippen LogP contribution is -2.16. The summed E-state index contributed by atoms with van der Waals surface area (Å²) in [5.41, 5.74) is -0.184. The van der Waals surface area contributed by atoms with Crippen LogP contribution in [0.2, 0.25) is 0 Å². The molecule has 122 valence electrons. The minimum absolute atomic E-state index is 0.0170. The maximum atomic E-state index is 13.4. The Bertz CT molecular complexity index is 659. The van der Waals surface area contributed by atoms with E-state index < -0.39 is 17.5 Å². The summed E-state index contributed by atoms with van der Waals surface area (Å²) in [5, 5.41) is 2.31. The summed E-state index contributed by atoms with van der Waals surface area (Å²) in [7, 11) is 0. The zero-order valence-corrected chi connectivity index (χ0v) is 12.6. The van der Waals surface area contributed by atoms with Gasteiger partial charge in [-0.2, -0.15) is 0 Å². The molecule has 1 amide bonds. The van der Waals surface area contributed by atoms with Gasteiger partial charge in [-0.1, -0.05) is 0 Å². The lowest BCUT2D eigenvalue weighted by molar-refractivity contribution is -0.116. The number of benzene rings is 2. The van der Waals surface area contributed by atoms with Crippen molar-refractivity contribution in [1.29, 1.82) is 0 Å². The Morgan fingerprint density at radius 2 is 1.70 bits per heavy atom. The predicted octanol–water partition coefficient (Wildman–Crippen LogP) is 3.77. The summed E-state index contributed by atoms with van der Waals surface area (Å²) in [5.74, 6) is -0.433. The number of ether oxygens (including phenoxy) is 2. The van der Waals surface area contributed by atoms with Crippen molar-refractivity contribution in [2.45, 2.75) is 13.3 Å². The lowest BCUT2D eigenvalue weighted by Gasteiger charge is -2.09. The van der Waals surface area contributed by atoms with E-state index in [4.69, 9.17) is 9.47 Å². The van der Waals surface area contributed by atoms with Crippen molar-refractivity contribution in [2.75, 3.05) is 18.5 Å². The first-order valence-corrected chi connectivity index (χ1v) is 7.19. The van der Waals surface area contributed by atoms with E-state index >= 15 is 0 Å². The van der Waals surface area contributed by atoms with E-state index in [0.29, 0.717) is 12.4 Å². The third-order valence-corrected chi connectivity index (χ3v) is 2.94. The molecule has 4 nitrogen and oxygen atoms in total. The number of amides is 1. The number of carbonyl (C=O) groups excluding carboxylic acids is 1. The van der Waals surface area contributed by atoms with Crippen molar-refractivity contribution < 1.29 is 23.0 Å². The number of nitrogens with one attached hydrogen (secondary N) is 1. The van der Waals surface area contributed by atoms with Crippen LogP contribution in [-0.2, 0) is 4.79 Å². The summed E-state index contributed by atoms with van der Waals surface area (Å²) in [6.45, 7) is 2.60. The monoisotopic (exact) mass is 321 g/mol. The zero-order chi connectivity index (χ0) is 16.7. The van der Waals surface area contributed by atoms with Crippen LogP contribution in [0.15, 0.2) is 42.5 Å². The van der Waals surface area contributed by atoms with Gasteiger partial charge in [-0.05, 0) is 43.3 Å². The SMILES string of the molecule is CCOc1ccc(OCCC(=O)Nc2cc(F)ccc2F)cc1. The Morgan fingerprint density at radius 1 is 1.04 bits per heavy atom. The van der Waals surface area contributed by atoms with Crippen LogP contribution in [-0.4, -0.2) is 19.1 Å². The molecule has 0 heterocycles. The third kappa shape index (κ3) is 5.25. The topological polar surface area (TPSA) is 47.6 Å². The van der Waals surface area contributed by atoms with Gasteiger partial charge in [-0.15, -0.1) is 0 Å². The van der Waals surface area contributed by atoms with Crippen molar-refractivity contribution in [3.63, 3.8) is 0 Å². The first kappa shape index (κ1) is 16.7. The summed E-state index contributed by atoms with van der Waals surface area (Å²) >= 11 is 0. The normalized spacial score (nSPS) is 10.2. The molecule has 0 atom stereocenters. The molecule has 0 spiro atoms. The van der Waals surface area contributed by atoms with Gasteiger partial charge < -0.3 is 14.8 Å². The third-order valence-electron chi connectivity index (χ3n) is 2.94. The van der Waals surface area contributed by atoms with E-state index in [-0.39, 0.29) is 18.7 Å². The zero-order valence-electron chi connectivity index (χ0n) is 12.6. The summed E-state index contributed by atoms with van der Waals surface area (Å²) in [6, 6.07) is 9.87. The van der Waals surface area contributed by atoms with Gasteiger partial charge in [0.15, 0.2) is 0 Å². The van der Waals surface area contributed by atoms with Crippen molar-refractivity contribution >= 4 is 11.6 Å². The number of hydrogen-bond acceptors (Lipinski definition) is 3. The maximum Gasteiger partial charge on any atom is 0.227 e. The fraction of sp³-hybridized carbons (Fsp3) is 0.235. The van der Waals surface area contributed by atoms with Crippen molar-refractivity contribution in [3.05, 3.63) is 54.1 Å². The second kappa shape index (κ2) is 8.12. The second-order valence-electron chi connectivity index (χ2n) is 4.68. The molecule has 0 aromatic heterocycles. The van der Waals surface area contributed by atoms with Crippen LogP contribution < -0.4 is 14.8 Å². The largest absolute Gasteiger partial charge is 0.494 e. The molecule has 0 unspecified atom stereocenters. The van der Waals surface area contributed by atoms with Crippen LogP contribution in [0.4, 0.5) is 14.5 Å². The fourth-order valence-corrected chi connectivity index (χ4v) is 1.87. The first-order valence-electron chi connectivity index (χ1n) is 7.19. The molecular weight excluding hydrogens is 304 g/mol. The number of carbonyl (C=O) groups is 1. The van der Waals surface area contributed by atoms with E-state index in [0.717, 1.165) is 23.9 Å². The van der Waals surface area contributed by atoms with Crippen LogP contribution in [0.1, 0.15) is 13.3 Å². The van der Waals surface area contributed by atoms with Gasteiger partial charge in [0.05, 0.1) is 25.3 Å². The van der Waals surface area contributed by atoms with E-state index in [9.17, 15) is 13.6 Å². The Morgan fingerprint density at radius 3 is 2.35 bits per heavy atom. The molecule has 0 saturated carbocycles. The van der Waals surface area contributed by atoms with Gasteiger partial charge >= 0.3 is 0 Å². The molecule has 1 N–H and O–H groups in total. The Hall–Kier alpha value is -2.63. The van der Waals surface area contributed by atoms with E-state index in [1.165, 1.54) is 0 Å². The minimum Gasteiger partial charge on any atom is -0.494 e. The quantitative estimate of drug-likeness (QED) is 0.844. The highest BCUT2D eigenvalue weighted by Gasteiger charge is 2.08. The molecule has 2 aromatic carbocycles. The van der Waals surface area contributed by atoms with Crippen molar-refractivity contribution in [2.24, 2.45) is 0 Å². The molecule has 2 aromatic rings. The molecule has 0 radical (unpaired) electrons. The first-order chi connectivity index (χ1) is 11.1. The lowest BCUT2D eigenvalue weighted by atomic mass is 10.3. The Balaban J connectivity index is 1.79. The highest BCUT2D eigenvalue weighted by Crippen LogP contribution is 2.18. The molecule has 0 aliphatic rings. The molecule has 0 aliphatic heterocycles. The van der Waals surface area contributed by atoms with E-state index in [1.54, 1.807) is 24.3 Å². The van der Waals surface area contributed by atoms with Gasteiger partial charge in [0.1, 0.15) is 23.1 Å². The smallest absolute Gasteiger partial charge is 0.227 e. The molecular formula is C17H17F2NO3. The van der Waals surface area contributed by atoms with Crippen LogP contribution >= 0.6 is 0 Å². The van der Waals surface area contributed by atoms with E-state index in [1.807, 2.05) is 6.92 Å². The molecule has 0 aliphatic carbocycles. The standard InChI is InChI=1S/C17H17F2NO3/c1-2-22-13-4-6-14(7-5-13)23-10-9-17(21)20-16-11-12(18)3-8-15(16)19/h3-8,11H,2,9-10H2,1H3,(H,20,21). The van der Waals surface area contributed by atoms with Crippen LogP contribution in [0.5, 0.6) is 11.5 Å². The van der Waals surface area contributed by atoms with Gasteiger partial charge in [0.25, 0.3) is 0 Å². The summed E-state index contributed by atoms with van der Waals surface area (Å²) in [4.78, 5) is 11.7. The molecule has 0 saturated heterocycles. The molecule has 6 heteroatoms. The average molecular weight is 321 g/mol. The highest BCUT2D eigenvalue weighted by atomic mass is 19.1. The minimum atomic E-state index is -0.688. The van der Waals surface area contributed by atoms with E-state index in [2.05, 4.69) is 5.32 Å². The Kier molecular flexibility index (Phi) is 5.91. The Labute approximate surface area is 133 Å². The van der Waals surface area contributed by atoms with Crippen LogP contribution in [0, 0.1) is 11.6 Å². The molecule has 23 heavy (non-hydrogen) atoms. The number of halogens is 2. The average Bonchev–Trinajstić information content (AvgIpc) is 2.53. The predicted molar refractivity (Wildman–Crippen MR) is 82.7 cm³/mol. The fourth-order valence-electron chi connectivity index (χ4n) is 1.87. The van der Waals surface area contributed by atoms with Gasteiger partial charge in [0.2, 0.25) is 5.91 Å². The van der Waals surface area contributed by atoms with Crippen molar-refractivity contribution in [3.8, 4) is 11.5 Å². The van der Waals surface area contributed by atoms with Crippen molar-refractivity contribution in [1.82, 2.24) is 0 Å².